The monoisotopic (exact) mass is 442 g/mol. The van der Waals surface area contributed by atoms with Crippen molar-refractivity contribution >= 4 is 11.9 Å². The highest BCUT2D eigenvalue weighted by Crippen LogP contribution is 2.42. The number of rotatable bonds is 5. The van der Waals surface area contributed by atoms with Crippen molar-refractivity contribution in [2.75, 3.05) is 13.7 Å². The summed E-state index contributed by atoms with van der Waals surface area (Å²) in [4.78, 5) is 19.7. The molecule has 0 amide bonds. The van der Waals surface area contributed by atoms with E-state index in [1.165, 1.54) is 5.56 Å². The van der Waals surface area contributed by atoms with Crippen LogP contribution >= 0.6 is 0 Å². The second-order valence-electron chi connectivity index (χ2n) is 8.42. The average Bonchev–Trinajstić information content (AvgIpc) is 3.17. The number of hydrogen-bond acceptors (Lipinski definition) is 6. The van der Waals surface area contributed by atoms with Gasteiger partial charge in [-0.2, -0.15) is 0 Å². The van der Waals surface area contributed by atoms with Gasteiger partial charge in [0.25, 0.3) is 0 Å². The number of ketones is 1. The van der Waals surface area contributed by atoms with Crippen LogP contribution in [-0.4, -0.2) is 34.4 Å². The number of phenols is 1. The first kappa shape index (κ1) is 21.2. The molecule has 0 spiro atoms. The first-order valence-corrected chi connectivity index (χ1v) is 11.2. The Morgan fingerprint density at radius 3 is 2.79 bits per heavy atom. The fourth-order valence-corrected chi connectivity index (χ4v) is 4.64. The Morgan fingerprint density at radius 1 is 1.18 bits per heavy atom. The lowest BCUT2D eigenvalue weighted by molar-refractivity contribution is 0.101. The Morgan fingerprint density at radius 2 is 2.03 bits per heavy atom. The summed E-state index contributed by atoms with van der Waals surface area (Å²) in [6.45, 7) is 1.41. The predicted octanol–water partition coefficient (Wildman–Crippen LogP) is 5.14. The van der Waals surface area contributed by atoms with E-state index in [-0.39, 0.29) is 23.3 Å². The number of aromatic hydroxyl groups is 1. The predicted molar refractivity (Wildman–Crippen MR) is 125 cm³/mol. The summed E-state index contributed by atoms with van der Waals surface area (Å²) in [5.41, 5.74) is 3.14. The number of methoxy groups -OCH3 is 1. The molecule has 1 saturated heterocycles. The highest BCUT2D eigenvalue weighted by molar-refractivity contribution is 6.15. The molecule has 1 aromatic heterocycles. The molecule has 0 radical (unpaired) electrons. The quantitative estimate of drug-likeness (QED) is 0.552. The maximum absolute atomic E-state index is 13.0. The summed E-state index contributed by atoms with van der Waals surface area (Å²) < 4.78 is 11.3. The van der Waals surface area contributed by atoms with Gasteiger partial charge in [0.05, 0.1) is 18.2 Å². The Balaban J connectivity index is 1.44. The van der Waals surface area contributed by atoms with Gasteiger partial charge in [-0.25, -0.2) is 0 Å². The van der Waals surface area contributed by atoms with Crippen LogP contribution in [0.1, 0.15) is 52.4 Å². The molecule has 5 rings (SSSR count). The Labute approximate surface area is 193 Å². The maximum Gasteiger partial charge on any atom is 0.231 e. The van der Waals surface area contributed by atoms with Gasteiger partial charge in [-0.15, -0.1) is 0 Å². The molecule has 33 heavy (non-hydrogen) atoms. The number of carbonyl (C=O) groups is 1. The number of aromatic nitrogens is 1. The average molecular weight is 443 g/mol. The second kappa shape index (κ2) is 9.08. The van der Waals surface area contributed by atoms with Gasteiger partial charge < -0.3 is 14.6 Å². The van der Waals surface area contributed by atoms with E-state index in [1.54, 1.807) is 31.5 Å². The number of phenolic OH excluding ortho intramolecular Hbond substituents is 1. The second-order valence-corrected chi connectivity index (χ2v) is 8.42. The summed E-state index contributed by atoms with van der Waals surface area (Å²) >= 11 is 0. The fourth-order valence-electron chi connectivity index (χ4n) is 4.64. The summed E-state index contributed by atoms with van der Waals surface area (Å²) in [7, 11) is 1.61. The molecule has 168 valence electrons. The molecular weight excluding hydrogens is 416 g/mol. The van der Waals surface area contributed by atoms with Crippen LogP contribution in [0.2, 0.25) is 0 Å². The lowest BCUT2D eigenvalue weighted by atomic mass is 9.95. The number of pyridine rings is 1. The molecule has 6 nitrogen and oxygen atoms in total. The van der Waals surface area contributed by atoms with E-state index in [4.69, 9.17) is 9.47 Å². The van der Waals surface area contributed by atoms with Gasteiger partial charge in [0.1, 0.15) is 17.2 Å². The molecule has 3 heterocycles. The van der Waals surface area contributed by atoms with Gasteiger partial charge in [-0.3, -0.25) is 14.7 Å². The molecule has 3 aromatic rings. The van der Waals surface area contributed by atoms with Crippen molar-refractivity contribution in [3.8, 4) is 17.2 Å². The molecule has 0 saturated carbocycles. The van der Waals surface area contributed by atoms with Crippen LogP contribution in [-0.2, 0) is 6.54 Å². The standard InChI is InChI=1S/C27H26N2O4/c1-32-20-9-7-18(8-10-20)15-25-26(31)21-11-12-24(30)22(27(21)33-25)17-29-14-3-2-6-23(29)19-5-4-13-28-16-19/h4-5,7-13,15-16,23,30H,2-3,6,14,17H2,1H3/b25-15-. The smallest absolute Gasteiger partial charge is 0.231 e. The van der Waals surface area contributed by atoms with Gasteiger partial charge in [-0.05, 0) is 66.9 Å². The van der Waals surface area contributed by atoms with Crippen LogP contribution in [0.3, 0.4) is 0 Å². The minimum absolute atomic E-state index is 0.141. The van der Waals surface area contributed by atoms with E-state index in [2.05, 4.69) is 16.0 Å². The van der Waals surface area contributed by atoms with Crippen molar-refractivity contribution < 1.29 is 19.4 Å². The number of ether oxygens (including phenoxy) is 2. The molecular formula is C27H26N2O4. The van der Waals surface area contributed by atoms with Crippen LogP contribution in [0.25, 0.3) is 6.08 Å². The minimum atomic E-state index is -0.176. The topological polar surface area (TPSA) is 71.9 Å². The molecule has 1 fully saturated rings. The van der Waals surface area contributed by atoms with E-state index >= 15 is 0 Å². The Kier molecular flexibility index (Phi) is 5.84. The number of carbonyl (C=O) groups excluding carboxylic acids is 1. The normalized spacial score (nSPS) is 19.4. The summed E-state index contributed by atoms with van der Waals surface area (Å²) in [5.74, 6) is 1.42. The van der Waals surface area contributed by atoms with Crippen molar-refractivity contribution in [1.29, 1.82) is 0 Å². The van der Waals surface area contributed by atoms with Crippen molar-refractivity contribution in [3.05, 3.63) is 88.9 Å². The summed E-state index contributed by atoms with van der Waals surface area (Å²) in [6, 6.07) is 14.9. The number of piperidine rings is 1. The molecule has 2 aliphatic rings. The molecule has 1 unspecified atom stereocenters. The van der Waals surface area contributed by atoms with Gasteiger partial charge in [0, 0.05) is 25.0 Å². The number of fused-ring (bicyclic) bond motifs is 1. The number of allylic oxidation sites excluding steroid dienone is 1. The Bertz CT molecular complexity index is 1190. The molecule has 0 aliphatic carbocycles. The molecule has 6 heteroatoms. The zero-order valence-electron chi connectivity index (χ0n) is 18.5. The fraction of sp³-hybridized carbons (Fsp3) is 0.259. The van der Waals surface area contributed by atoms with Crippen LogP contribution < -0.4 is 9.47 Å². The van der Waals surface area contributed by atoms with Crippen molar-refractivity contribution in [3.63, 3.8) is 0 Å². The third-order valence-electron chi connectivity index (χ3n) is 6.37. The van der Waals surface area contributed by atoms with Crippen LogP contribution in [0.4, 0.5) is 0 Å². The van der Waals surface area contributed by atoms with Gasteiger partial charge in [-0.1, -0.05) is 24.6 Å². The lowest BCUT2D eigenvalue weighted by Crippen LogP contribution is -2.33. The number of nitrogens with zero attached hydrogens (tertiary/aromatic N) is 2. The van der Waals surface area contributed by atoms with Crippen LogP contribution in [0, 0.1) is 0 Å². The van der Waals surface area contributed by atoms with E-state index in [0.717, 1.165) is 37.1 Å². The molecule has 1 N–H and O–H groups in total. The minimum Gasteiger partial charge on any atom is -0.507 e. The third-order valence-corrected chi connectivity index (χ3v) is 6.37. The van der Waals surface area contributed by atoms with E-state index in [9.17, 15) is 9.90 Å². The largest absolute Gasteiger partial charge is 0.507 e. The van der Waals surface area contributed by atoms with Crippen molar-refractivity contribution in [1.82, 2.24) is 9.88 Å². The first-order chi connectivity index (χ1) is 16.1. The van der Waals surface area contributed by atoms with Crippen LogP contribution in [0.5, 0.6) is 17.2 Å². The van der Waals surface area contributed by atoms with E-state index in [0.29, 0.717) is 23.4 Å². The molecule has 1 atom stereocenters. The number of Topliss-reactive ketones (excluding diaryl/α,β-unsaturated/α-hetero) is 1. The van der Waals surface area contributed by atoms with Crippen molar-refractivity contribution in [2.24, 2.45) is 0 Å². The number of likely N-dealkylation sites (tertiary alicyclic amines) is 1. The summed E-state index contributed by atoms with van der Waals surface area (Å²) in [6.07, 6.45) is 8.69. The number of hydrogen-bond donors (Lipinski definition) is 1. The zero-order chi connectivity index (χ0) is 22.8. The van der Waals surface area contributed by atoms with E-state index < -0.39 is 0 Å². The van der Waals surface area contributed by atoms with Crippen molar-refractivity contribution in [2.45, 2.75) is 31.8 Å². The molecule has 0 bridgehead atoms. The SMILES string of the molecule is COc1ccc(/C=C2\Oc3c(ccc(O)c3CN3CCCCC3c3cccnc3)C2=O)cc1. The number of benzene rings is 2. The third kappa shape index (κ3) is 4.22. The van der Waals surface area contributed by atoms with Gasteiger partial charge >= 0.3 is 0 Å². The molecule has 2 aromatic carbocycles. The first-order valence-electron chi connectivity index (χ1n) is 11.2. The highest BCUT2D eigenvalue weighted by atomic mass is 16.5. The zero-order valence-corrected chi connectivity index (χ0v) is 18.5. The van der Waals surface area contributed by atoms with E-state index in [1.807, 2.05) is 36.5 Å². The van der Waals surface area contributed by atoms with Gasteiger partial charge in [0.2, 0.25) is 5.78 Å². The highest BCUT2D eigenvalue weighted by Gasteiger charge is 2.33. The summed E-state index contributed by atoms with van der Waals surface area (Å²) in [5, 5.41) is 10.7. The molecule has 2 aliphatic heterocycles. The lowest BCUT2D eigenvalue weighted by Gasteiger charge is -2.36. The van der Waals surface area contributed by atoms with Gasteiger partial charge in [0.15, 0.2) is 5.76 Å². The Hall–Kier alpha value is -3.64. The van der Waals surface area contributed by atoms with Crippen LogP contribution in [0.15, 0.2) is 66.7 Å². The maximum atomic E-state index is 13.0.